The van der Waals surface area contributed by atoms with Crippen molar-refractivity contribution in [3.05, 3.63) is 24.3 Å². The van der Waals surface area contributed by atoms with E-state index in [1.165, 1.54) is 148 Å². The normalized spacial score (nSPS) is 12.7. The topological polar surface area (TPSA) is 37.3 Å². The van der Waals surface area contributed by atoms with Gasteiger partial charge in [-0.1, -0.05) is 167 Å². The van der Waals surface area contributed by atoms with Gasteiger partial charge in [0.25, 0.3) is 0 Å². The molecule has 0 aliphatic carbocycles. The van der Waals surface area contributed by atoms with Gasteiger partial charge in [0.1, 0.15) is 0 Å². The van der Waals surface area contributed by atoms with Crippen LogP contribution in [0.2, 0.25) is 0 Å². The zero-order chi connectivity index (χ0) is 27.1. The van der Waals surface area contributed by atoms with Crippen LogP contribution in [0.15, 0.2) is 24.3 Å². The summed E-state index contributed by atoms with van der Waals surface area (Å²) in [6, 6.07) is 0. The zero-order valence-corrected chi connectivity index (χ0v) is 25.3. The number of hydrogen-bond acceptors (Lipinski definition) is 1. The molecule has 0 aliphatic rings. The van der Waals surface area contributed by atoms with Crippen LogP contribution in [0.3, 0.4) is 0 Å². The maximum atomic E-state index is 11.6. The third-order valence-corrected chi connectivity index (χ3v) is 7.69. The first kappa shape index (κ1) is 35.9. The molecule has 1 unspecified atom stereocenters. The van der Waals surface area contributed by atoms with Crippen molar-refractivity contribution in [2.45, 2.75) is 187 Å². The number of carboxylic acids is 1. The van der Waals surface area contributed by atoms with Gasteiger partial charge in [0, 0.05) is 0 Å². The Morgan fingerprint density at radius 3 is 1.19 bits per heavy atom. The van der Waals surface area contributed by atoms with E-state index in [9.17, 15) is 9.90 Å². The molecule has 0 heterocycles. The number of carbonyl (C=O) groups is 1. The minimum Gasteiger partial charge on any atom is -0.481 e. The van der Waals surface area contributed by atoms with Gasteiger partial charge in [-0.3, -0.25) is 4.79 Å². The van der Waals surface area contributed by atoms with Gasteiger partial charge in [-0.2, -0.15) is 0 Å². The number of rotatable bonds is 30. The van der Waals surface area contributed by atoms with E-state index in [2.05, 4.69) is 32.1 Å². The molecule has 0 aliphatic heterocycles. The lowest BCUT2D eigenvalue weighted by Gasteiger charge is -2.07. The molecule has 37 heavy (non-hydrogen) atoms. The van der Waals surface area contributed by atoms with Gasteiger partial charge in [-0.25, -0.2) is 0 Å². The Balaban J connectivity index is 3.53. The van der Waals surface area contributed by atoms with Crippen molar-refractivity contribution in [1.82, 2.24) is 0 Å². The maximum Gasteiger partial charge on any atom is 0.310 e. The van der Waals surface area contributed by atoms with Crippen molar-refractivity contribution in [1.29, 1.82) is 0 Å². The van der Waals surface area contributed by atoms with Gasteiger partial charge < -0.3 is 5.11 Å². The van der Waals surface area contributed by atoms with E-state index >= 15 is 0 Å². The minimum absolute atomic E-state index is 0.292. The average Bonchev–Trinajstić information content (AvgIpc) is 2.89. The largest absolute Gasteiger partial charge is 0.481 e. The monoisotopic (exact) mass is 519 g/mol. The first-order valence-corrected chi connectivity index (χ1v) is 16.8. The van der Waals surface area contributed by atoms with Gasteiger partial charge in [0.15, 0.2) is 0 Å². The van der Waals surface area contributed by atoms with Gasteiger partial charge in [-0.05, 0) is 44.9 Å². The molecule has 0 aromatic rings. The van der Waals surface area contributed by atoms with Crippen LogP contribution in [-0.2, 0) is 4.79 Å². The summed E-state index contributed by atoms with van der Waals surface area (Å²) in [5, 5.41) is 9.53. The number of unbranched alkanes of at least 4 members (excludes halogenated alkanes) is 23. The summed E-state index contributed by atoms with van der Waals surface area (Å²) in [6.45, 7) is 4.55. The van der Waals surface area contributed by atoms with Crippen LogP contribution in [0.5, 0.6) is 0 Å². The Kier molecular flexibility index (Phi) is 30.3. The molecule has 0 rings (SSSR count). The molecule has 1 N–H and O–H groups in total. The van der Waals surface area contributed by atoms with E-state index < -0.39 is 5.97 Å². The maximum absolute atomic E-state index is 11.6. The van der Waals surface area contributed by atoms with Gasteiger partial charge in [0.2, 0.25) is 0 Å². The van der Waals surface area contributed by atoms with Crippen LogP contribution < -0.4 is 0 Å². The molecule has 0 spiro atoms. The highest BCUT2D eigenvalue weighted by Crippen LogP contribution is 2.16. The molecule has 2 nitrogen and oxygen atoms in total. The Morgan fingerprint density at radius 2 is 0.811 bits per heavy atom. The van der Waals surface area contributed by atoms with Gasteiger partial charge in [-0.15, -0.1) is 0 Å². The summed E-state index contributed by atoms with van der Waals surface area (Å²) in [4.78, 5) is 11.6. The summed E-state index contributed by atoms with van der Waals surface area (Å²) in [6.07, 6.45) is 43.8. The van der Waals surface area contributed by atoms with E-state index in [1.54, 1.807) is 0 Å². The van der Waals surface area contributed by atoms with Crippen LogP contribution in [0.1, 0.15) is 187 Å². The van der Waals surface area contributed by atoms with Crippen molar-refractivity contribution >= 4 is 5.97 Å². The van der Waals surface area contributed by atoms with Crippen LogP contribution in [0, 0.1) is 5.92 Å². The fourth-order valence-electron chi connectivity index (χ4n) is 5.10. The highest BCUT2D eigenvalue weighted by Gasteiger charge is 2.12. The van der Waals surface area contributed by atoms with E-state index in [0.717, 1.165) is 25.7 Å². The van der Waals surface area contributed by atoms with Crippen molar-refractivity contribution in [3.8, 4) is 0 Å². The number of allylic oxidation sites excluding steroid dienone is 3. The van der Waals surface area contributed by atoms with Crippen molar-refractivity contribution < 1.29 is 9.90 Å². The lowest BCUT2D eigenvalue weighted by Crippen LogP contribution is -2.10. The van der Waals surface area contributed by atoms with Crippen molar-refractivity contribution in [2.24, 2.45) is 5.92 Å². The molecule has 0 fully saturated rings. The Labute approximate surface area is 233 Å². The molecular formula is C35H66O2. The number of aliphatic carboxylic acids is 1. The molecule has 0 radical (unpaired) electrons. The molecule has 0 saturated carbocycles. The molecule has 1 atom stereocenters. The lowest BCUT2D eigenvalue weighted by molar-refractivity contribution is -0.140. The van der Waals surface area contributed by atoms with E-state index in [0.29, 0.717) is 0 Å². The Hall–Kier alpha value is -1.05. The summed E-state index contributed by atoms with van der Waals surface area (Å²) >= 11 is 0. The smallest absolute Gasteiger partial charge is 0.310 e. The fourth-order valence-corrected chi connectivity index (χ4v) is 5.10. The molecule has 0 saturated heterocycles. The van der Waals surface area contributed by atoms with E-state index in [4.69, 9.17) is 0 Å². The quantitative estimate of drug-likeness (QED) is 0.0758. The minimum atomic E-state index is -0.653. The Bertz CT molecular complexity index is 507. The molecule has 0 aromatic carbocycles. The van der Waals surface area contributed by atoms with Gasteiger partial charge >= 0.3 is 5.97 Å². The Morgan fingerprint density at radius 1 is 0.486 bits per heavy atom. The molecule has 218 valence electrons. The second kappa shape index (κ2) is 31.2. The molecule has 0 amide bonds. The number of hydrogen-bond donors (Lipinski definition) is 1. The second-order valence-electron chi connectivity index (χ2n) is 11.4. The SMILES string of the molecule is CCCCCCCC/C=C\CCCCCCC(C=CCCCCCCCCCCCCCCC)C(=O)O. The summed E-state index contributed by atoms with van der Waals surface area (Å²) in [5.41, 5.74) is 0. The molecular weight excluding hydrogens is 452 g/mol. The van der Waals surface area contributed by atoms with Crippen LogP contribution in [0.4, 0.5) is 0 Å². The first-order chi connectivity index (χ1) is 18.2. The standard InChI is InChI=1S/C35H66O2/c1-3-5-7-9-11-13-15-17-19-21-23-25-27-29-31-33-34(35(36)37)32-30-28-26-24-22-20-18-16-14-12-10-8-6-4-2/h18,20,31,33-34H,3-17,19,21-30,32H2,1-2H3,(H,36,37)/b20-18-,33-31?. The third-order valence-electron chi connectivity index (χ3n) is 7.69. The van der Waals surface area contributed by atoms with Crippen LogP contribution >= 0.6 is 0 Å². The first-order valence-electron chi connectivity index (χ1n) is 16.8. The zero-order valence-electron chi connectivity index (χ0n) is 25.3. The van der Waals surface area contributed by atoms with Crippen LogP contribution in [0.25, 0.3) is 0 Å². The van der Waals surface area contributed by atoms with Crippen molar-refractivity contribution in [3.63, 3.8) is 0 Å². The molecule has 2 heteroatoms. The third kappa shape index (κ3) is 29.4. The highest BCUT2D eigenvalue weighted by atomic mass is 16.4. The fraction of sp³-hybridized carbons (Fsp3) is 0.857. The predicted molar refractivity (Wildman–Crippen MR) is 165 cm³/mol. The van der Waals surface area contributed by atoms with E-state index in [1.807, 2.05) is 6.08 Å². The molecule has 0 bridgehead atoms. The number of carboxylic acid groups (broad SMARTS) is 1. The highest BCUT2D eigenvalue weighted by molar-refractivity contribution is 5.72. The molecule has 0 aromatic heterocycles. The van der Waals surface area contributed by atoms with Crippen LogP contribution in [-0.4, -0.2) is 11.1 Å². The van der Waals surface area contributed by atoms with Gasteiger partial charge in [0.05, 0.1) is 5.92 Å². The second-order valence-corrected chi connectivity index (χ2v) is 11.4. The predicted octanol–water partition coefficient (Wildman–Crippen LogP) is 12.4. The summed E-state index contributed by atoms with van der Waals surface area (Å²) < 4.78 is 0. The summed E-state index contributed by atoms with van der Waals surface area (Å²) in [5.74, 6) is -0.946. The van der Waals surface area contributed by atoms with Crippen molar-refractivity contribution in [2.75, 3.05) is 0 Å². The lowest BCUT2D eigenvalue weighted by atomic mass is 9.99. The average molecular weight is 519 g/mol. The van der Waals surface area contributed by atoms with E-state index in [-0.39, 0.29) is 5.92 Å². The summed E-state index contributed by atoms with van der Waals surface area (Å²) in [7, 11) is 0.